The first-order chi connectivity index (χ1) is 32.5. The van der Waals surface area contributed by atoms with Crippen LogP contribution in [-0.4, -0.2) is 37.2 Å². The average molecular weight is 924 g/mol. The quantitative estimate of drug-likeness (QED) is 0.0262. The molecule has 0 fully saturated rings. The topological polar surface area (TPSA) is 78.9 Å². The summed E-state index contributed by atoms with van der Waals surface area (Å²) in [6, 6.07) is 0. The van der Waals surface area contributed by atoms with Crippen molar-refractivity contribution in [2.75, 3.05) is 13.2 Å². The zero-order valence-corrected chi connectivity index (χ0v) is 43.7. The van der Waals surface area contributed by atoms with Gasteiger partial charge in [0.05, 0.1) is 0 Å². The van der Waals surface area contributed by atoms with Crippen molar-refractivity contribution in [3.05, 3.63) is 60.8 Å². The highest BCUT2D eigenvalue weighted by atomic mass is 16.6. The molecule has 0 spiro atoms. The molecule has 0 aromatic heterocycles. The highest BCUT2D eigenvalue weighted by Crippen LogP contribution is 2.16. The van der Waals surface area contributed by atoms with Crippen LogP contribution in [0.1, 0.15) is 284 Å². The van der Waals surface area contributed by atoms with Gasteiger partial charge in [0.25, 0.3) is 0 Å². The summed E-state index contributed by atoms with van der Waals surface area (Å²) in [6.45, 7) is 6.51. The SMILES string of the molecule is CC/C=C\C/C=C\C/C=C\C/C=C\C/C=C\CCCC(=O)O[C@H](COC(=O)CCCCCCCCCCCCCCC)COC(=O)CCCCCCCCCCCCCCCCCCCC. The lowest BCUT2D eigenvalue weighted by atomic mass is 10.0. The molecule has 66 heavy (non-hydrogen) atoms. The average Bonchev–Trinajstić information content (AvgIpc) is 3.31. The van der Waals surface area contributed by atoms with Crippen molar-refractivity contribution >= 4 is 17.9 Å². The van der Waals surface area contributed by atoms with Crippen molar-refractivity contribution in [3.8, 4) is 0 Å². The van der Waals surface area contributed by atoms with Crippen LogP contribution in [0.5, 0.6) is 0 Å². The van der Waals surface area contributed by atoms with Crippen LogP contribution in [-0.2, 0) is 28.6 Å². The molecular formula is C60H106O6. The van der Waals surface area contributed by atoms with Gasteiger partial charge in [-0.3, -0.25) is 14.4 Å². The Hall–Kier alpha value is -2.89. The van der Waals surface area contributed by atoms with Crippen molar-refractivity contribution in [2.45, 2.75) is 290 Å². The molecule has 0 aliphatic rings. The fraction of sp³-hybridized carbons (Fsp3) is 0.783. The summed E-state index contributed by atoms with van der Waals surface area (Å²) in [5, 5.41) is 0. The third-order valence-corrected chi connectivity index (χ3v) is 12.3. The molecule has 0 saturated carbocycles. The lowest BCUT2D eigenvalue weighted by Gasteiger charge is -2.18. The monoisotopic (exact) mass is 923 g/mol. The lowest BCUT2D eigenvalue weighted by molar-refractivity contribution is -0.167. The van der Waals surface area contributed by atoms with E-state index in [1.165, 1.54) is 161 Å². The number of carbonyl (C=O) groups is 3. The van der Waals surface area contributed by atoms with E-state index in [0.717, 1.165) is 77.0 Å². The van der Waals surface area contributed by atoms with Gasteiger partial charge in [-0.25, -0.2) is 0 Å². The fourth-order valence-electron chi connectivity index (χ4n) is 8.07. The summed E-state index contributed by atoms with van der Waals surface area (Å²) >= 11 is 0. The maximum Gasteiger partial charge on any atom is 0.306 e. The van der Waals surface area contributed by atoms with Gasteiger partial charge in [-0.1, -0.05) is 268 Å². The predicted molar refractivity (Wildman–Crippen MR) is 284 cm³/mol. The molecule has 6 nitrogen and oxygen atoms in total. The molecule has 0 aromatic carbocycles. The van der Waals surface area contributed by atoms with Crippen LogP contribution in [0.4, 0.5) is 0 Å². The first kappa shape index (κ1) is 63.1. The lowest BCUT2D eigenvalue weighted by Crippen LogP contribution is -2.30. The first-order valence-electron chi connectivity index (χ1n) is 28.3. The number of allylic oxidation sites excluding steroid dienone is 10. The molecule has 0 amide bonds. The smallest absolute Gasteiger partial charge is 0.306 e. The van der Waals surface area contributed by atoms with E-state index in [4.69, 9.17) is 14.2 Å². The summed E-state index contributed by atoms with van der Waals surface area (Å²) in [7, 11) is 0. The molecule has 0 aliphatic carbocycles. The van der Waals surface area contributed by atoms with Gasteiger partial charge >= 0.3 is 17.9 Å². The van der Waals surface area contributed by atoms with Gasteiger partial charge in [0.15, 0.2) is 6.10 Å². The van der Waals surface area contributed by atoms with Crippen molar-refractivity contribution in [2.24, 2.45) is 0 Å². The van der Waals surface area contributed by atoms with Crippen molar-refractivity contribution in [1.82, 2.24) is 0 Å². The van der Waals surface area contributed by atoms with Gasteiger partial charge in [-0.2, -0.15) is 0 Å². The van der Waals surface area contributed by atoms with E-state index >= 15 is 0 Å². The van der Waals surface area contributed by atoms with Gasteiger partial charge < -0.3 is 14.2 Å². The first-order valence-corrected chi connectivity index (χ1v) is 28.3. The summed E-state index contributed by atoms with van der Waals surface area (Å²) in [5.74, 6) is -0.939. The molecule has 0 saturated heterocycles. The number of rotatable bonds is 51. The van der Waals surface area contributed by atoms with Crippen LogP contribution in [0.25, 0.3) is 0 Å². The van der Waals surface area contributed by atoms with E-state index in [0.29, 0.717) is 19.3 Å². The summed E-state index contributed by atoms with van der Waals surface area (Å²) in [6.07, 6.45) is 67.9. The van der Waals surface area contributed by atoms with Gasteiger partial charge in [-0.15, -0.1) is 0 Å². The molecular weight excluding hydrogens is 817 g/mol. The van der Waals surface area contributed by atoms with E-state index in [2.05, 4.69) is 81.5 Å². The third-order valence-electron chi connectivity index (χ3n) is 12.3. The van der Waals surface area contributed by atoms with Gasteiger partial charge in [0.1, 0.15) is 13.2 Å². The molecule has 1 atom stereocenters. The molecule has 0 N–H and O–H groups in total. The molecule has 0 bridgehead atoms. The predicted octanol–water partition coefficient (Wildman–Crippen LogP) is 18.8. The molecule has 0 unspecified atom stereocenters. The standard InChI is InChI=1S/C60H106O6/c1-4-7-10-13-16-19-22-25-27-29-31-32-35-38-41-44-47-50-53-59(62)65-56-57(55-64-58(61)52-49-46-43-40-37-34-24-21-18-15-12-9-6-3)66-60(63)54-51-48-45-42-39-36-33-30-28-26-23-20-17-14-11-8-5-2/h8,11,17,20,26,28,33,36,42,45,57H,4-7,9-10,12-16,18-19,21-25,27,29-32,34-35,37-41,43-44,46-56H2,1-3H3/b11-8-,20-17-,28-26-,36-33-,45-42-/t57-/m1/s1. The highest BCUT2D eigenvalue weighted by molar-refractivity contribution is 5.71. The van der Waals surface area contributed by atoms with Gasteiger partial charge in [0.2, 0.25) is 0 Å². The van der Waals surface area contributed by atoms with E-state index < -0.39 is 6.10 Å². The molecule has 0 radical (unpaired) electrons. The Morgan fingerprint density at radius 2 is 0.591 bits per heavy atom. The Kier molecular flexibility index (Phi) is 52.3. The van der Waals surface area contributed by atoms with Crippen LogP contribution in [0.15, 0.2) is 60.8 Å². The second-order valence-electron chi connectivity index (χ2n) is 18.8. The van der Waals surface area contributed by atoms with Crippen molar-refractivity contribution in [3.63, 3.8) is 0 Å². The van der Waals surface area contributed by atoms with Crippen LogP contribution in [0.3, 0.4) is 0 Å². The molecule has 0 aliphatic heterocycles. The number of carbonyl (C=O) groups excluding carboxylic acids is 3. The molecule has 6 heteroatoms. The van der Waals surface area contributed by atoms with Crippen LogP contribution in [0, 0.1) is 0 Å². The Morgan fingerprint density at radius 3 is 0.909 bits per heavy atom. The molecule has 0 rings (SSSR count). The van der Waals surface area contributed by atoms with Crippen molar-refractivity contribution in [1.29, 1.82) is 0 Å². The van der Waals surface area contributed by atoms with E-state index in [1.807, 2.05) is 0 Å². The Balaban J connectivity index is 4.42. The molecule has 0 aromatic rings. The number of esters is 3. The number of hydrogen-bond acceptors (Lipinski definition) is 6. The minimum absolute atomic E-state index is 0.0928. The Morgan fingerprint density at radius 1 is 0.318 bits per heavy atom. The second-order valence-corrected chi connectivity index (χ2v) is 18.8. The van der Waals surface area contributed by atoms with Gasteiger partial charge in [-0.05, 0) is 57.8 Å². The number of unbranched alkanes of at least 4 members (excludes halogenated alkanes) is 30. The third kappa shape index (κ3) is 52.1. The second kappa shape index (κ2) is 54.7. The maximum atomic E-state index is 12.8. The van der Waals surface area contributed by atoms with E-state index in [9.17, 15) is 14.4 Å². The fourth-order valence-corrected chi connectivity index (χ4v) is 8.07. The largest absolute Gasteiger partial charge is 0.462 e. The van der Waals surface area contributed by atoms with E-state index in [1.54, 1.807) is 0 Å². The van der Waals surface area contributed by atoms with Crippen LogP contribution < -0.4 is 0 Å². The van der Waals surface area contributed by atoms with E-state index in [-0.39, 0.29) is 37.5 Å². The summed E-state index contributed by atoms with van der Waals surface area (Å²) in [4.78, 5) is 38.1. The highest BCUT2D eigenvalue weighted by Gasteiger charge is 2.19. The normalized spacial score (nSPS) is 12.5. The Bertz CT molecular complexity index is 1200. The Labute approximate surface area is 409 Å². The zero-order chi connectivity index (χ0) is 47.9. The number of hydrogen-bond donors (Lipinski definition) is 0. The summed E-state index contributed by atoms with van der Waals surface area (Å²) < 4.78 is 16.8. The van der Waals surface area contributed by atoms with Crippen LogP contribution >= 0.6 is 0 Å². The molecule has 0 heterocycles. The van der Waals surface area contributed by atoms with Crippen LogP contribution in [0.2, 0.25) is 0 Å². The number of ether oxygens (including phenoxy) is 3. The molecule has 382 valence electrons. The van der Waals surface area contributed by atoms with Crippen molar-refractivity contribution < 1.29 is 28.6 Å². The summed E-state index contributed by atoms with van der Waals surface area (Å²) in [5.41, 5.74) is 0. The minimum atomic E-state index is -0.800. The minimum Gasteiger partial charge on any atom is -0.462 e. The maximum absolute atomic E-state index is 12.8. The van der Waals surface area contributed by atoms with Gasteiger partial charge in [0, 0.05) is 19.3 Å². The zero-order valence-electron chi connectivity index (χ0n) is 43.7.